The molecule has 0 aromatic heterocycles. The van der Waals surface area contributed by atoms with E-state index in [0.717, 1.165) is 19.5 Å². The highest BCUT2D eigenvalue weighted by Gasteiger charge is 2.21. The first-order valence-corrected chi connectivity index (χ1v) is 5.64. The molecule has 2 amide bonds. The predicted molar refractivity (Wildman–Crippen MR) is 59.3 cm³/mol. The molecule has 1 unspecified atom stereocenters. The van der Waals surface area contributed by atoms with Crippen LogP contribution in [0.4, 0.5) is 4.79 Å². The molecule has 1 rings (SSSR count). The molecule has 1 heterocycles. The van der Waals surface area contributed by atoms with Gasteiger partial charge in [0.15, 0.2) is 0 Å². The summed E-state index contributed by atoms with van der Waals surface area (Å²) in [5.41, 5.74) is 0. The zero-order chi connectivity index (χ0) is 12.0. The first-order valence-electron chi connectivity index (χ1n) is 5.64. The number of hydrogen-bond donors (Lipinski definition) is 3. The van der Waals surface area contributed by atoms with Gasteiger partial charge in [0, 0.05) is 19.6 Å². The predicted octanol–water partition coefficient (Wildman–Crippen LogP) is -0.145. The number of amides is 2. The first kappa shape index (κ1) is 12.8. The number of carbonyl (C=O) groups is 2. The summed E-state index contributed by atoms with van der Waals surface area (Å²) in [6, 6.07) is -1.07. The number of carboxylic acid groups (broad SMARTS) is 1. The topological polar surface area (TPSA) is 81.7 Å². The number of aliphatic carboxylic acids is 1. The fourth-order valence-electron chi connectivity index (χ4n) is 1.63. The molecule has 0 spiro atoms. The van der Waals surface area contributed by atoms with E-state index < -0.39 is 12.0 Å². The van der Waals surface area contributed by atoms with Gasteiger partial charge >= 0.3 is 12.0 Å². The van der Waals surface area contributed by atoms with Crippen LogP contribution in [0.5, 0.6) is 0 Å². The molecule has 92 valence electrons. The Balaban J connectivity index is 2.46. The average molecular weight is 229 g/mol. The van der Waals surface area contributed by atoms with Crippen LogP contribution in [0.2, 0.25) is 0 Å². The van der Waals surface area contributed by atoms with Crippen LogP contribution in [-0.2, 0) is 4.79 Å². The van der Waals surface area contributed by atoms with Crippen LogP contribution in [-0.4, -0.2) is 54.2 Å². The molecule has 0 saturated carbocycles. The minimum Gasteiger partial charge on any atom is -0.480 e. The lowest BCUT2D eigenvalue weighted by atomic mass is 10.2. The molecular formula is C10H19N3O3. The van der Waals surface area contributed by atoms with Gasteiger partial charge < -0.3 is 20.6 Å². The Morgan fingerprint density at radius 2 is 2.19 bits per heavy atom. The summed E-state index contributed by atoms with van der Waals surface area (Å²) in [5, 5.41) is 14.5. The summed E-state index contributed by atoms with van der Waals surface area (Å²) < 4.78 is 0. The van der Waals surface area contributed by atoms with Gasteiger partial charge in [-0.25, -0.2) is 9.59 Å². The highest BCUT2D eigenvalue weighted by Crippen LogP contribution is 1.98. The van der Waals surface area contributed by atoms with Crippen molar-refractivity contribution in [2.45, 2.75) is 25.8 Å². The fraction of sp³-hybridized carbons (Fsp3) is 0.800. The molecule has 0 aromatic carbocycles. The fourth-order valence-corrected chi connectivity index (χ4v) is 1.63. The van der Waals surface area contributed by atoms with Gasteiger partial charge in [-0.2, -0.15) is 0 Å². The number of nitrogens with one attached hydrogen (secondary N) is 2. The maximum atomic E-state index is 11.7. The lowest BCUT2D eigenvalue weighted by molar-refractivity contribution is -0.139. The third-order valence-electron chi connectivity index (χ3n) is 2.63. The van der Waals surface area contributed by atoms with Crippen LogP contribution in [0, 0.1) is 0 Å². The number of rotatable bonds is 3. The molecule has 6 heteroatoms. The third kappa shape index (κ3) is 3.69. The Kier molecular flexibility index (Phi) is 5.04. The van der Waals surface area contributed by atoms with Crippen molar-refractivity contribution in [3.8, 4) is 0 Å². The zero-order valence-corrected chi connectivity index (χ0v) is 9.53. The highest BCUT2D eigenvalue weighted by molar-refractivity contribution is 5.82. The van der Waals surface area contributed by atoms with Gasteiger partial charge in [-0.15, -0.1) is 0 Å². The van der Waals surface area contributed by atoms with Crippen LogP contribution >= 0.6 is 0 Å². The summed E-state index contributed by atoms with van der Waals surface area (Å²) >= 11 is 0. The largest absolute Gasteiger partial charge is 0.480 e. The van der Waals surface area contributed by atoms with Crippen LogP contribution in [0.1, 0.15) is 19.8 Å². The summed E-state index contributed by atoms with van der Waals surface area (Å²) in [6.45, 7) is 4.71. The molecule has 1 aliphatic heterocycles. The van der Waals surface area contributed by atoms with E-state index in [0.29, 0.717) is 19.5 Å². The molecule has 3 N–H and O–H groups in total. The monoisotopic (exact) mass is 229 g/mol. The normalized spacial score (nSPS) is 18.7. The quantitative estimate of drug-likeness (QED) is 0.629. The van der Waals surface area contributed by atoms with Gasteiger partial charge in [-0.05, 0) is 19.4 Å². The summed E-state index contributed by atoms with van der Waals surface area (Å²) in [5.74, 6) is -0.983. The second-order valence-electron chi connectivity index (χ2n) is 3.84. The Morgan fingerprint density at radius 3 is 2.81 bits per heavy atom. The Hall–Kier alpha value is -1.30. The van der Waals surface area contributed by atoms with E-state index in [1.165, 1.54) is 0 Å². The van der Waals surface area contributed by atoms with Crippen LogP contribution in [0.15, 0.2) is 0 Å². The molecule has 0 aliphatic carbocycles. The van der Waals surface area contributed by atoms with Gasteiger partial charge in [0.05, 0.1) is 0 Å². The second-order valence-corrected chi connectivity index (χ2v) is 3.84. The van der Waals surface area contributed by atoms with Crippen molar-refractivity contribution in [1.82, 2.24) is 15.5 Å². The summed E-state index contributed by atoms with van der Waals surface area (Å²) in [7, 11) is 0. The molecule has 1 fully saturated rings. The van der Waals surface area contributed by atoms with E-state index >= 15 is 0 Å². The lowest BCUT2D eigenvalue weighted by Gasteiger charge is -2.22. The maximum Gasteiger partial charge on any atom is 0.326 e. The van der Waals surface area contributed by atoms with Crippen LogP contribution < -0.4 is 10.6 Å². The molecule has 1 saturated heterocycles. The van der Waals surface area contributed by atoms with Crippen molar-refractivity contribution >= 4 is 12.0 Å². The maximum absolute atomic E-state index is 11.7. The smallest absolute Gasteiger partial charge is 0.326 e. The zero-order valence-electron chi connectivity index (χ0n) is 9.53. The molecule has 6 nitrogen and oxygen atoms in total. The molecule has 16 heavy (non-hydrogen) atoms. The van der Waals surface area contributed by atoms with Crippen LogP contribution in [0.25, 0.3) is 0 Å². The number of carbonyl (C=O) groups excluding carboxylic acids is 1. The van der Waals surface area contributed by atoms with E-state index in [2.05, 4.69) is 10.6 Å². The molecule has 1 atom stereocenters. The minimum absolute atomic E-state index is 0.280. The van der Waals surface area contributed by atoms with Crippen molar-refractivity contribution < 1.29 is 14.7 Å². The van der Waals surface area contributed by atoms with Crippen molar-refractivity contribution in [2.75, 3.05) is 26.2 Å². The standard InChI is InChI=1S/C10H19N3O3/c1-2-8(9(14)15)12-10(16)13-6-3-4-11-5-7-13/h8,11H,2-7H2,1H3,(H,12,16)(H,14,15). The van der Waals surface area contributed by atoms with E-state index in [1.54, 1.807) is 11.8 Å². The number of carboxylic acids is 1. The van der Waals surface area contributed by atoms with Crippen molar-refractivity contribution in [3.63, 3.8) is 0 Å². The second kappa shape index (κ2) is 6.32. The van der Waals surface area contributed by atoms with E-state index in [9.17, 15) is 9.59 Å². The Bertz CT molecular complexity index is 250. The van der Waals surface area contributed by atoms with E-state index in [4.69, 9.17) is 5.11 Å². The first-order chi connectivity index (χ1) is 7.65. The number of nitrogens with zero attached hydrogens (tertiary/aromatic N) is 1. The molecule has 0 bridgehead atoms. The molecule has 0 aromatic rings. The summed E-state index contributed by atoms with van der Waals surface area (Å²) in [6.07, 6.45) is 1.30. The molecule has 1 aliphatic rings. The highest BCUT2D eigenvalue weighted by atomic mass is 16.4. The molecule has 0 radical (unpaired) electrons. The van der Waals surface area contributed by atoms with Crippen molar-refractivity contribution in [2.24, 2.45) is 0 Å². The van der Waals surface area contributed by atoms with Gasteiger partial charge in [0.1, 0.15) is 6.04 Å². The third-order valence-corrected chi connectivity index (χ3v) is 2.63. The van der Waals surface area contributed by atoms with Crippen LogP contribution in [0.3, 0.4) is 0 Å². The van der Waals surface area contributed by atoms with Gasteiger partial charge in [-0.1, -0.05) is 6.92 Å². The Labute approximate surface area is 95.0 Å². The van der Waals surface area contributed by atoms with E-state index in [1.807, 2.05) is 0 Å². The van der Waals surface area contributed by atoms with Crippen molar-refractivity contribution in [3.05, 3.63) is 0 Å². The van der Waals surface area contributed by atoms with Gasteiger partial charge in [-0.3, -0.25) is 0 Å². The van der Waals surface area contributed by atoms with Gasteiger partial charge in [0.25, 0.3) is 0 Å². The molecular weight excluding hydrogens is 210 g/mol. The van der Waals surface area contributed by atoms with Gasteiger partial charge in [0.2, 0.25) is 0 Å². The summed E-state index contributed by atoms with van der Waals surface area (Å²) in [4.78, 5) is 24.2. The van der Waals surface area contributed by atoms with E-state index in [-0.39, 0.29) is 6.03 Å². The average Bonchev–Trinajstić information content (AvgIpc) is 2.53. The SMILES string of the molecule is CCC(NC(=O)N1CCCNCC1)C(=O)O. The van der Waals surface area contributed by atoms with Crippen molar-refractivity contribution in [1.29, 1.82) is 0 Å². The number of hydrogen-bond acceptors (Lipinski definition) is 3. The number of urea groups is 1. The Morgan fingerprint density at radius 1 is 1.44 bits per heavy atom. The lowest BCUT2D eigenvalue weighted by Crippen LogP contribution is -2.48. The minimum atomic E-state index is -0.983.